The van der Waals surface area contributed by atoms with Crippen molar-refractivity contribution in [2.45, 2.75) is 6.92 Å². The molecule has 0 saturated heterocycles. The maximum absolute atomic E-state index is 12.5. The molecule has 0 bridgehead atoms. The van der Waals surface area contributed by atoms with Gasteiger partial charge in [-0.05, 0) is 36.8 Å². The maximum atomic E-state index is 12.5. The predicted octanol–water partition coefficient (Wildman–Crippen LogP) is 1.69. The lowest BCUT2D eigenvalue weighted by atomic mass is 10.2. The molecule has 0 aliphatic heterocycles. The largest absolute Gasteiger partial charge is 0.508 e. The van der Waals surface area contributed by atoms with Gasteiger partial charge >= 0.3 is 5.69 Å². The second-order valence-electron chi connectivity index (χ2n) is 4.59. The van der Waals surface area contributed by atoms with E-state index in [1.54, 1.807) is 12.1 Å². The fourth-order valence-electron chi connectivity index (χ4n) is 2.24. The fourth-order valence-corrected chi connectivity index (χ4v) is 2.24. The molecule has 20 heavy (non-hydrogen) atoms. The van der Waals surface area contributed by atoms with Crippen LogP contribution in [-0.2, 0) is 0 Å². The van der Waals surface area contributed by atoms with Crippen molar-refractivity contribution < 1.29 is 5.11 Å². The number of nitrogens with zero attached hydrogens (tertiary/aromatic N) is 1. The van der Waals surface area contributed by atoms with Gasteiger partial charge in [-0.2, -0.15) is 0 Å². The van der Waals surface area contributed by atoms with Crippen molar-refractivity contribution in [2.24, 2.45) is 0 Å². The van der Waals surface area contributed by atoms with E-state index in [4.69, 9.17) is 0 Å². The molecule has 0 aliphatic rings. The zero-order valence-corrected chi connectivity index (χ0v) is 10.8. The smallest absolute Gasteiger partial charge is 0.333 e. The summed E-state index contributed by atoms with van der Waals surface area (Å²) in [6, 6.07) is 11.4. The Morgan fingerprint density at radius 2 is 1.85 bits per heavy atom. The highest BCUT2D eigenvalue weighted by Gasteiger charge is 2.11. The van der Waals surface area contributed by atoms with Crippen LogP contribution in [0.15, 0.2) is 52.1 Å². The summed E-state index contributed by atoms with van der Waals surface area (Å²) < 4.78 is 1.08. The zero-order valence-electron chi connectivity index (χ0n) is 10.8. The van der Waals surface area contributed by atoms with Gasteiger partial charge in [0.25, 0.3) is 5.56 Å². The van der Waals surface area contributed by atoms with Crippen LogP contribution in [0.3, 0.4) is 0 Å². The highest BCUT2D eigenvalue weighted by Crippen LogP contribution is 2.15. The van der Waals surface area contributed by atoms with E-state index in [-0.39, 0.29) is 11.1 Å². The van der Waals surface area contributed by atoms with E-state index in [9.17, 15) is 14.7 Å². The number of phenols is 1. The van der Waals surface area contributed by atoms with Crippen molar-refractivity contribution in [1.82, 2.24) is 9.55 Å². The molecule has 0 saturated carbocycles. The summed E-state index contributed by atoms with van der Waals surface area (Å²) in [4.78, 5) is 27.3. The molecule has 0 spiro atoms. The lowest BCUT2D eigenvalue weighted by Crippen LogP contribution is -2.34. The maximum Gasteiger partial charge on any atom is 0.333 e. The van der Waals surface area contributed by atoms with Crippen LogP contribution in [0.4, 0.5) is 0 Å². The first-order valence-corrected chi connectivity index (χ1v) is 6.12. The number of rotatable bonds is 1. The number of aromatic hydroxyl groups is 1. The van der Waals surface area contributed by atoms with E-state index in [1.165, 1.54) is 18.2 Å². The van der Waals surface area contributed by atoms with Gasteiger partial charge in [0.1, 0.15) is 5.75 Å². The Hall–Kier alpha value is -2.82. The second kappa shape index (κ2) is 4.38. The molecule has 3 aromatic rings. The first kappa shape index (κ1) is 12.2. The molecule has 0 radical (unpaired) electrons. The van der Waals surface area contributed by atoms with Gasteiger partial charge in [-0.15, -0.1) is 0 Å². The minimum atomic E-state index is -0.498. The van der Waals surface area contributed by atoms with Crippen LogP contribution in [0.2, 0.25) is 0 Å². The Bertz CT molecular complexity index is 922. The van der Waals surface area contributed by atoms with Gasteiger partial charge in [-0.1, -0.05) is 18.2 Å². The highest BCUT2D eigenvalue weighted by molar-refractivity contribution is 5.79. The number of aromatic amines is 1. The normalized spacial score (nSPS) is 10.8. The number of hydrogen-bond donors (Lipinski definition) is 2. The summed E-state index contributed by atoms with van der Waals surface area (Å²) in [7, 11) is 0. The first-order valence-electron chi connectivity index (χ1n) is 6.12. The van der Waals surface area contributed by atoms with Gasteiger partial charge < -0.3 is 10.1 Å². The molecule has 0 unspecified atom stereocenters. The van der Waals surface area contributed by atoms with Crippen molar-refractivity contribution in [3.8, 4) is 11.4 Å². The average molecular weight is 268 g/mol. The van der Waals surface area contributed by atoms with Gasteiger partial charge in [0, 0.05) is 0 Å². The molecule has 1 aromatic heterocycles. The Morgan fingerprint density at radius 3 is 2.60 bits per heavy atom. The van der Waals surface area contributed by atoms with Crippen molar-refractivity contribution in [1.29, 1.82) is 0 Å². The minimum Gasteiger partial charge on any atom is -0.508 e. The monoisotopic (exact) mass is 268 g/mol. The van der Waals surface area contributed by atoms with Crippen LogP contribution in [0.25, 0.3) is 16.6 Å². The van der Waals surface area contributed by atoms with E-state index >= 15 is 0 Å². The van der Waals surface area contributed by atoms with Crippen molar-refractivity contribution in [3.05, 3.63) is 68.9 Å². The van der Waals surface area contributed by atoms with Gasteiger partial charge in [0.05, 0.1) is 16.6 Å². The standard InChI is InChI=1S/C15H12N2O3/c1-9-4-2-3-5-13(9)17-14(19)11-8-10(18)6-7-12(11)16-15(17)20/h2-8,18H,1H3,(H,16,20). The highest BCUT2D eigenvalue weighted by atomic mass is 16.3. The van der Waals surface area contributed by atoms with E-state index in [0.29, 0.717) is 11.2 Å². The summed E-state index contributed by atoms with van der Waals surface area (Å²) in [6.07, 6.45) is 0. The Morgan fingerprint density at radius 1 is 1.10 bits per heavy atom. The van der Waals surface area contributed by atoms with Gasteiger partial charge in [0.2, 0.25) is 0 Å². The summed E-state index contributed by atoms with van der Waals surface area (Å²) in [5.74, 6) is -0.0158. The number of hydrogen-bond acceptors (Lipinski definition) is 3. The molecule has 0 atom stereocenters. The Kier molecular flexibility index (Phi) is 2.68. The Labute approximate surface area is 113 Å². The molecule has 3 rings (SSSR count). The minimum absolute atomic E-state index is 0.0158. The van der Waals surface area contributed by atoms with E-state index < -0.39 is 11.2 Å². The van der Waals surface area contributed by atoms with Gasteiger partial charge in [-0.25, -0.2) is 9.36 Å². The molecule has 0 fully saturated rings. The summed E-state index contributed by atoms with van der Waals surface area (Å²) >= 11 is 0. The number of nitrogens with one attached hydrogen (secondary N) is 1. The molecule has 5 nitrogen and oxygen atoms in total. The lowest BCUT2D eigenvalue weighted by molar-refractivity contribution is 0.476. The number of para-hydroxylation sites is 1. The first-order chi connectivity index (χ1) is 9.58. The molecule has 2 aromatic carbocycles. The van der Waals surface area contributed by atoms with Crippen LogP contribution in [0.5, 0.6) is 5.75 Å². The van der Waals surface area contributed by atoms with Crippen LogP contribution in [0.1, 0.15) is 5.56 Å². The topological polar surface area (TPSA) is 75.1 Å². The number of phenolic OH excluding ortho intramolecular Hbond substituents is 1. The molecule has 0 amide bonds. The van der Waals surface area contributed by atoms with Crippen molar-refractivity contribution >= 4 is 10.9 Å². The Balaban J connectivity index is 2.46. The predicted molar refractivity (Wildman–Crippen MR) is 76.6 cm³/mol. The molecular weight excluding hydrogens is 256 g/mol. The van der Waals surface area contributed by atoms with E-state index in [0.717, 1.165) is 10.1 Å². The van der Waals surface area contributed by atoms with Gasteiger partial charge in [-0.3, -0.25) is 4.79 Å². The van der Waals surface area contributed by atoms with Crippen LogP contribution >= 0.6 is 0 Å². The van der Waals surface area contributed by atoms with Gasteiger partial charge in [0.15, 0.2) is 0 Å². The van der Waals surface area contributed by atoms with E-state index in [2.05, 4.69) is 4.98 Å². The summed E-state index contributed by atoms with van der Waals surface area (Å²) in [6.45, 7) is 1.83. The number of fused-ring (bicyclic) bond motifs is 1. The SMILES string of the molecule is Cc1ccccc1-n1c(=O)[nH]c2ccc(O)cc2c1=O. The molecule has 0 aliphatic carbocycles. The van der Waals surface area contributed by atoms with Crippen LogP contribution in [0, 0.1) is 6.92 Å². The molecule has 5 heteroatoms. The fraction of sp³-hybridized carbons (Fsp3) is 0.0667. The third-order valence-corrected chi connectivity index (χ3v) is 3.24. The zero-order chi connectivity index (χ0) is 14.3. The molecule has 1 heterocycles. The molecule has 100 valence electrons. The van der Waals surface area contributed by atoms with Crippen LogP contribution in [-0.4, -0.2) is 14.7 Å². The van der Waals surface area contributed by atoms with E-state index in [1.807, 2.05) is 19.1 Å². The van der Waals surface area contributed by atoms with Crippen molar-refractivity contribution in [2.75, 3.05) is 0 Å². The summed E-state index contributed by atoms with van der Waals surface area (Å²) in [5, 5.41) is 9.77. The number of benzene rings is 2. The number of H-pyrrole nitrogens is 1. The lowest BCUT2D eigenvalue weighted by Gasteiger charge is -2.09. The van der Waals surface area contributed by atoms with Crippen molar-refractivity contribution in [3.63, 3.8) is 0 Å². The second-order valence-corrected chi connectivity index (χ2v) is 4.59. The molecular formula is C15H12N2O3. The number of aryl methyl sites for hydroxylation is 1. The summed E-state index contributed by atoms with van der Waals surface area (Å²) in [5.41, 5.74) is 0.808. The average Bonchev–Trinajstić information content (AvgIpc) is 2.42. The molecule has 2 N–H and O–H groups in total. The van der Waals surface area contributed by atoms with Crippen LogP contribution < -0.4 is 11.2 Å². The number of aromatic nitrogens is 2. The quantitative estimate of drug-likeness (QED) is 0.705. The third-order valence-electron chi connectivity index (χ3n) is 3.24. The third kappa shape index (κ3) is 1.80.